The first-order chi connectivity index (χ1) is 20.9. The van der Waals surface area contributed by atoms with E-state index in [9.17, 15) is 14.4 Å². The molecule has 0 saturated carbocycles. The Bertz CT molecular complexity index is 1880. The number of rotatable bonds is 6. The molecular formula is C34H27ClN4O4. The van der Waals surface area contributed by atoms with Gasteiger partial charge in [0.1, 0.15) is 17.8 Å². The molecule has 5 aromatic rings. The summed E-state index contributed by atoms with van der Waals surface area (Å²) in [5, 5.41) is 4.55. The lowest BCUT2D eigenvalue weighted by Gasteiger charge is -2.36. The first-order valence-corrected chi connectivity index (χ1v) is 14.3. The van der Waals surface area contributed by atoms with Crippen LogP contribution in [-0.2, 0) is 17.8 Å². The molecule has 214 valence electrons. The highest BCUT2D eigenvalue weighted by Gasteiger charge is 2.53. The number of hydrogen-bond donors (Lipinski definition) is 2. The van der Waals surface area contributed by atoms with E-state index in [2.05, 4.69) is 10.3 Å². The number of nitrogens with zero attached hydrogens (tertiary/aromatic N) is 2. The van der Waals surface area contributed by atoms with Crippen LogP contribution in [0.5, 0.6) is 5.75 Å². The van der Waals surface area contributed by atoms with Gasteiger partial charge in [-0.15, -0.1) is 0 Å². The zero-order valence-corrected chi connectivity index (χ0v) is 24.0. The van der Waals surface area contributed by atoms with Crippen molar-refractivity contribution in [3.05, 3.63) is 130 Å². The number of aromatic nitrogens is 1. The van der Waals surface area contributed by atoms with Crippen LogP contribution in [0, 0.1) is 0 Å². The Labute approximate surface area is 252 Å². The molecule has 3 heterocycles. The minimum absolute atomic E-state index is 0.263. The van der Waals surface area contributed by atoms with Crippen LogP contribution in [-0.4, -0.2) is 40.9 Å². The van der Waals surface area contributed by atoms with Crippen molar-refractivity contribution in [2.75, 3.05) is 12.0 Å². The smallest absolute Gasteiger partial charge is 0.332 e. The average Bonchev–Trinajstić information content (AvgIpc) is 3.53. The second-order valence-electron chi connectivity index (χ2n) is 10.7. The van der Waals surface area contributed by atoms with Gasteiger partial charge in [-0.05, 0) is 71.3 Å². The average molecular weight is 591 g/mol. The third-order valence-electron chi connectivity index (χ3n) is 8.21. The van der Waals surface area contributed by atoms with Gasteiger partial charge in [-0.2, -0.15) is 0 Å². The molecule has 9 heteroatoms. The summed E-state index contributed by atoms with van der Waals surface area (Å²) in [6.45, 7) is 0.345. The van der Waals surface area contributed by atoms with Crippen LogP contribution in [0.2, 0.25) is 5.02 Å². The van der Waals surface area contributed by atoms with E-state index in [1.54, 1.807) is 48.4 Å². The van der Waals surface area contributed by atoms with Crippen molar-refractivity contribution in [2.45, 2.75) is 25.0 Å². The van der Waals surface area contributed by atoms with Crippen molar-refractivity contribution in [3.63, 3.8) is 0 Å². The highest BCUT2D eigenvalue weighted by Crippen LogP contribution is 2.45. The Morgan fingerprint density at radius 3 is 2.51 bits per heavy atom. The van der Waals surface area contributed by atoms with Crippen LogP contribution in [0.25, 0.3) is 10.9 Å². The van der Waals surface area contributed by atoms with Crippen molar-refractivity contribution in [1.29, 1.82) is 0 Å². The SMILES string of the molecule is COc1cccc([C@@H]2c3[nH]c4ccccc4c3C[C@H]3C(=O)N(c4ccc(C(=O)NCc5ccc(Cl)cc5)cc4)C(=O)N23)c1. The molecule has 2 N–H and O–H groups in total. The molecule has 4 aromatic carbocycles. The summed E-state index contributed by atoms with van der Waals surface area (Å²) in [5.41, 5.74) is 5.47. The van der Waals surface area contributed by atoms with E-state index in [1.165, 1.54) is 4.90 Å². The molecule has 0 unspecified atom stereocenters. The minimum atomic E-state index is -0.683. The lowest BCUT2D eigenvalue weighted by atomic mass is 9.89. The number of aromatic amines is 1. The van der Waals surface area contributed by atoms with Gasteiger partial charge in [0.05, 0.1) is 12.8 Å². The maximum Gasteiger partial charge on any atom is 0.332 e. The third-order valence-corrected chi connectivity index (χ3v) is 8.46. The molecule has 43 heavy (non-hydrogen) atoms. The van der Waals surface area contributed by atoms with E-state index in [1.807, 2.05) is 60.7 Å². The van der Waals surface area contributed by atoms with Crippen LogP contribution < -0.4 is 15.0 Å². The number of nitrogens with one attached hydrogen (secondary N) is 2. The van der Waals surface area contributed by atoms with Crippen molar-refractivity contribution in [1.82, 2.24) is 15.2 Å². The highest BCUT2D eigenvalue weighted by atomic mass is 35.5. The number of para-hydroxylation sites is 1. The number of hydrogen-bond acceptors (Lipinski definition) is 4. The van der Waals surface area contributed by atoms with Crippen molar-refractivity contribution in [3.8, 4) is 5.75 Å². The highest BCUT2D eigenvalue weighted by molar-refractivity contribution is 6.30. The van der Waals surface area contributed by atoms with E-state index in [0.29, 0.717) is 35.0 Å². The van der Waals surface area contributed by atoms with Gasteiger partial charge < -0.3 is 15.0 Å². The molecule has 4 amide bonds. The lowest BCUT2D eigenvalue weighted by molar-refractivity contribution is -0.120. The fourth-order valence-electron chi connectivity index (χ4n) is 6.12. The molecule has 2 atom stereocenters. The maximum atomic E-state index is 14.1. The van der Waals surface area contributed by atoms with Gasteiger partial charge in [0.25, 0.3) is 11.8 Å². The van der Waals surface area contributed by atoms with Crippen molar-refractivity contribution in [2.24, 2.45) is 0 Å². The monoisotopic (exact) mass is 590 g/mol. The second-order valence-corrected chi connectivity index (χ2v) is 11.1. The van der Waals surface area contributed by atoms with Gasteiger partial charge in [-0.3, -0.25) is 14.5 Å². The van der Waals surface area contributed by atoms with Gasteiger partial charge >= 0.3 is 6.03 Å². The molecule has 0 spiro atoms. The number of fused-ring (bicyclic) bond motifs is 4. The van der Waals surface area contributed by atoms with Gasteiger partial charge in [-0.25, -0.2) is 9.69 Å². The Morgan fingerprint density at radius 1 is 0.977 bits per heavy atom. The fraction of sp³-hybridized carbons (Fsp3) is 0.147. The number of methoxy groups -OCH3 is 1. The number of imide groups is 1. The quantitative estimate of drug-likeness (QED) is 0.229. The van der Waals surface area contributed by atoms with E-state index in [-0.39, 0.29) is 11.8 Å². The van der Waals surface area contributed by atoms with Crippen LogP contribution in [0.1, 0.15) is 38.8 Å². The number of ether oxygens (including phenoxy) is 1. The summed E-state index contributed by atoms with van der Waals surface area (Å²) in [6, 6.07) is 27.7. The maximum absolute atomic E-state index is 14.1. The number of amides is 4. The third kappa shape index (κ3) is 4.60. The van der Waals surface area contributed by atoms with E-state index >= 15 is 0 Å². The summed E-state index contributed by atoms with van der Waals surface area (Å²) in [5.74, 6) is 0.104. The Kier molecular flexibility index (Phi) is 6.63. The lowest BCUT2D eigenvalue weighted by Crippen LogP contribution is -2.44. The fourth-order valence-corrected chi connectivity index (χ4v) is 6.24. The predicted octanol–water partition coefficient (Wildman–Crippen LogP) is 6.24. The van der Waals surface area contributed by atoms with Crippen molar-refractivity contribution >= 4 is 46.0 Å². The summed E-state index contributed by atoms with van der Waals surface area (Å²) in [4.78, 5) is 47.3. The molecule has 0 aliphatic carbocycles. The van der Waals surface area contributed by atoms with Gasteiger partial charge in [-0.1, -0.05) is 54.1 Å². The van der Waals surface area contributed by atoms with Crippen LogP contribution >= 0.6 is 11.6 Å². The molecule has 1 fully saturated rings. The molecule has 1 saturated heterocycles. The normalized spacial score (nSPS) is 17.6. The summed E-state index contributed by atoms with van der Waals surface area (Å²) in [7, 11) is 1.60. The van der Waals surface area contributed by atoms with E-state index in [4.69, 9.17) is 16.3 Å². The van der Waals surface area contributed by atoms with Gasteiger partial charge in [0.15, 0.2) is 0 Å². The van der Waals surface area contributed by atoms with E-state index in [0.717, 1.165) is 33.3 Å². The Hall–Kier alpha value is -5.08. The van der Waals surface area contributed by atoms with Crippen LogP contribution in [0.3, 0.4) is 0 Å². The number of benzene rings is 4. The summed E-state index contributed by atoms with van der Waals surface area (Å²) < 4.78 is 5.49. The zero-order valence-electron chi connectivity index (χ0n) is 23.2. The number of carbonyl (C=O) groups excluding carboxylic acids is 3. The summed E-state index contributed by atoms with van der Waals surface area (Å²) in [6.07, 6.45) is 0.395. The first kappa shape index (κ1) is 26.8. The molecular weight excluding hydrogens is 564 g/mol. The molecule has 0 radical (unpaired) electrons. The molecule has 0 bridgehead atoms. The zero-order chi connectivity index (χ0) is 29.7. The van der Waals surface area contributed by atoms with Gasteiger partial charge in [0, 0.05) is 40.1 Å². The number of halogens is 1. The van der Waals surface area contributed by atoms with Gasteiger partial charge in [0.2, 0.25) is 0 Å². The minimum Gasteiger partial charge on any atom is -0.497 e. The topological polar surface area (TPSA) is 94.7 Å². The predicted molar refractivity (Wildman–Crippen MR) is 164 cm³/mol. The summed E-state index contributed by atoms with van der Waals surface area (Å²) >= 11 is 5.94. The Balaban J connectivity index is 1.20. The number of anilines is 1. The standard InChI is InChI=1S/C34H27ClN4O4/c1-43-25-6-4-5-22(17-25)31-30-27(26-7-2-3-8-28(26)37-30)18-29-33(41)38(34(42)39(29)31)24-15-11-21(12-16-24)32(40)36-19-20-9-13-23(35)14-10-20/h2-17,29,31,37H,18-19H2,1H3,(H,36,40)/t29-,31+/m0/s1. The number of carbonyl (C=O) groups is 3. The number of urea groups is 1. The molecule has 1 aromatic heterocycles. The largest absolute Gasteiger partial charge is 0.497 e. The van der Waals surface area contributed by atoms with Crippen LogP contribution in [0.4, 0.5) is 10.5 Å². The molecule has 7 rings (SSSR count). The Morgan fingerprint density at radius 2 is 1.74 bits per heavy atom. The van der Waals surface area contributed by atoms with E-state index < -0.39 is 18.1 Å². The first-order valence-electron chi connectivity index (χ1n) is 14.0. The second kappa shape index (κ2) is 10.6. The number of H-pyrrole nitrogens is 1. The van der Waals surface area contributed by atoms with Crippen LogP contribution in [0.15, 0.2) is 97.1 Å². The molecule has 2 aliphatic rings. The molecule has 2 aliphatic heterocycles. The molecule has 8 nitrogen and oxygen atoms in total. The van der Waals surface area contributed by atoms with Crippen molar-refractivity contribution < 1.29 is 19.1 Å².